The van der Waals surface area contributed by atoms with Gasteiger partial charge in [-0.1, -0.05) is 19.8 Å². The van der Waals surface area contributed by atoms with Gasteiger partial charge in [0.1, 0.15) is 12.8 Å². The SMILES string of the molecule is CC1(C(=O)N2CCO[C@@H](CF)C2)CCCC1. The fourth-order valence-corrected chi connectivity index (χ4v) is 2.75. The van der Waals surface area contributed by atoms with E-state index in [0.29, 0.717) is 19.7 Å². The molecule has 0 unspecified atom stereocenters. The Morgan fingerprint density at radius 1 is 1.50 bits per heavy atom. The fraction of sp³-hybridized carbons (Fsp3) is 0.917. The van der Waals surface area contributed by atoms with Gasteiger partial charge >= 0.3 is 0 Å². The maximum Gasteiger partial charge on any atom is 0.228 e. The summed E-state index contributed by atoms with van der Waals surface area (Å²) in [6.45, 7) is 3.05. The van der Waals surface area contributed by atoms with Crippen LogP contribution in [0.25, 0.3) is 0 Å². The lowest BCUT2D eigenvalue weighted by molar-refractivity contribution is -0.149. The second-order valence-corrected chi connectivity index (χ2v) is 5.17. The van der Waals surface area contributed by atoms with E-state index in [1.165, 1.54) is 0 Å². The van der Waals surface area contributed by atoms with Crippen LogP contribution in [0.2, 0.25) is 0 Å². The molecule has 0 radical (unpaired) electrons. The van der Waals surface area contributed by atoms with E-state index in [-0.39, 0.29) is 11.3 Å². The second-order valence-electron chi connectivity index (χ2n) is 5.17. The molecule has 1 amide bonds. The minimum Gasteiger partial charge on any atom is -0.372 e. The number of halogens is 1. The summed E-state index contributed by atoms with van der Waals surface area (Å²) in [6, 6.07) is 0. The van der Waals surface area contributed by atoms with Crippen LogP contribution in [0.5, 0.6) is 0 Å². The van der Waals surface area contributed by atoms with Crippen LogP contribution in [0.1, 0.15) is 32.6 Å². The van der Waals surface area contributed by atoms with E-state index >= 15 is 0 Å². The van der Waals surface area contributed by atoms with Gasteiger partial charge in [-0.05, 0) is 12.8 Å². The van der Waals surface area contributed by atoms with Crippen molar-refractivity contribution in [1.29, 1.82) is 0 Å². The highest BCUT2D eigenvalue weighted by Gasteiger charge is 2.40. The highest BCUT2D eigenvalue weighted by Crippen LogP contribution is 2.39. The van der Waals surface area contributed by atoms with Gasteiger partial charge in [0.15, 0.2) is 0 Å². The molecule has 1 saturated heterocycles. The summed E-state index contributed by atoms with van der Waals surface area (Å²) in [7, 11) is 0. The predicted octanol–water partition coefficient (Wildman–Crippen LogP) is 1.76. The molecule has 0 aromatic carbocycles. The molecule has 2 aliphatic rings. The maximum atomic E-state index is 12.5. The number of nitrogens with zero attached hydrogens (tertiary/aromatic N) is 1. The van der Waals surface area contributed by atoms with Crippen molar-refractivity contribution < 1.29 is 13.9 Å². The topological polar surface area (TPSA) is 29.5 Å². The first-order valence-electron chi connectivity index (χ1n) is 6.13. The van der Waals surface area contributed by atoms with Gasteiger partial charge in [-0.3, -0.25) is 4.79 Å². The van der Waals surface area contributed by atoms with E-state index in [4.69, 9.17) is 4.74 Å². The monoisotopic (exact) mass is 229 g/mol. The van der Waals surface area contributed by atoms with E-state index in [9.17, 15) is 9.18 Å². The molecule has 1 aliphatic carbocycles. The molecule has 0 spiro atoms. The van der Waals surface area contributed by atoms with Gasteiger partial charge in [0, 0.05) is 18.5 Å². The number of ether oxygens (including phenoxy) is 1. The Morgan fingerprint density at radius 3 is 2.81 bits per heavy atom. The Morgan fingerprint density at radius 2 is 2.19 bits per heavy atom. The number of hydrogen-bond donors (Lipinski definition) is 0. The van der Waals surface area contributed by atoms with Gasteiger partial charge in [-0.2, -0.15) is 0 Å². The molecule has 1 heterocycles. The number of morpholine rings is 1. The Hall–Kier alpha value is -0.640. The third-order valence-electron chi connectivity index (χ3n) is 3.82. The number of alkyl halides is 1. The molecule has 0 aromatic rings. The van der Waals surface area contributed by atoms with E-state index in [2.05, 4.69) is 0 Å². The molecule has 1 aliphatic heterocycles. The Balaban J connectivity index is 1.98. The first-order valence-corrected chi connectivity index (χ1v) is 6.13. The zero-order valence-corrected chi connectivity index (χ0v) is 9.88. The van der Waals surface area contributed by atoms with E-state index in [1.807, 2.05) is 6.92 Å². The smallest absolute Gasteiger partial charge is 0.228 e. The van der Waals surface area contributed by atoms with Gasteiger partial charge in [-0.15, -0.1) is 0 Å². The molecule has 16 heavy (non-hydrogen) atoms. The van der Waals surface area contributed by atoms with Crippen molar-refractivity contribution in [2.75, 3.05) is 26.4 Å². The van der Waals surface area contributed by atoms with Gasteiger partial charge in [0.25, 0.3) is 0 Å². The van der Waals surface area contributed by atoms with E-state index in [1.54, 1.807) is 4.90 Å². The summed E-state index contributed by atoms with van der Waals surface area (Å²) in [5.41, 5.74) is -0.196. The van der Waals surface area contributed by atoms with Gasteiger partial charge in [0.2, 0.25) is 5.91 Å². The van der Waals surface area contributed by atoms with Crippen LogP contribution >= 0.6 is 0 Å². The second kappa shape index (κ2) is 4.70. The number of carbonyl (C=O) groups is 1. The molecule has 0 aromatic heterocycles. The standard InChI is InChI=1S/C12H20FNO2/c1-12(4-2-3-5-12)11(15)14-6-7-16-10(8-13)9-14/h10H,2-9H2,1H3/t10-/m0/s1. The lowest BCUT2D eigenvalue weighted by Crippen LogP contribution is -2.50. The Kier molecular flexibility index (Phi) is 3.47. The molecule has 2 fully saturated rings. The van der Waals surface area contributed by atoms with Crippen molar-refractivity contribution in [1.82, 2.24) is 4.90 Å². The number of amides is 1. The highest BCUT2D eigenvalue weighted by atomic mass is 19.1. The van der Waals surface area contributed by atoms with Crippen molar-refractivity contribution in [3.63, 3.8) is 0 Å². The summed E-state index contributed by atoms with van der Waals surface area (Å²) >= 11 is 0. The molecule has 0 N–H and O–H groups in total. The van der Waals surface area contributed by atoms with E-state index in [0.717, 1.165) is 25.7 Å². The predicted molar refractivity (Wildman–Crippen MR) is 58.9 cm³/mol. The molecule has 4 heteroatoms. The minimum atomic E-state index is -0.500. The Labute approximate surface area is 95.9 Å². The molecule has 2 rings (SSSR count). The van der Waals surface area contributed by atoms with Crippen LogP contribution in [0.3, 0.4) is 0 Å². The average molecular weight is 229 g/mol. The summed E-state index contributed by atoms with van der Waals surface area (Å²) in [5.74, 6) is 0.201. The molecule has 92 valence electrons. The highest BCUT2D eigenvalue weighted by molar-refractivity contribution is 5.82. The van der Waals surface area contributed by atoms with Crippen LogP contribution in [0.15, 0.2) is 0 Å². The zero-order chi connectivity index (χ0) is 11.6. The summed E-state index contributed by atoms with van der Waals surface area (Å²) in [4.78, 5) is 14.1. The normalized spacial score (nSPS) is 29.4. The van der Waals surface area contributed by atoms with Gasteiger partial charge < -0.3 is 9.64 Å². The zero-order valence-electron chi connectivity index (χ0n) is 9.88. The largest absolute Gasteiger partial charge is 0.372 e. The lowest BCUT2D eigenvalue weighted by atomic mass is 9.87. The van der Waals surface area contributed by atoms with Crippen LogP contribution in [-0.2, 0) is 9.53 Å². The molecular weight excluding hydrogens is 209 g/mol. The molecule has 1 atom stereocenters. The third-order valence-corrected chi connectivity index (χ3v) is 3.82. The summed E-state index contributed by atoms with van der Waals surface area (Å²) in [5, 5.41) is 0. The van der Waals surface area contributed by atoms with Crippen LogP contribution in [0, 0.1) is 5.41 Å². The lowest BCUT2D eigenvalue weighted by Gasteiger charge is -2.36. The molecule has 1 saturated carbocycles. The molecule has 0 bridgehead atoms. The number of carbonyl (C=O) groups excluding carboxylic acids is 1. The van der Waals surface area contributed by atoms with Crippen LogP contribution in [-0.4, -0.2) is 43.3 Å². The van der Waals surface area contributed by atoms with Crippen molar-refractivity contribution >= 4 is 5.91 Å². The average Bonchev–Trinajstić information content (AvgIpc) is 2.76. The molecular formula is C12H20FNO2. The summed E-state index contributed by atoms with van der Waals surface area (Å²) < 4.78 is 17.8. The number of rotatable bonds is 2. The number of hydrogen-bond acceptors (Lipinski definition) is 2. The van der Waals surface area contributed by atoms with Crippen LogP contribution in [0.4, 0.5) is 4.39 Å². The quantitative estimate of drug-likeness (QED) is 0.722. The van der Waals surface area contributed by atoms with Crippen molar-refractivity contribution in [3.8, 4) is 0 Å². The van der Waals surface area contributed by atoms with Crippen molar-refractivity contribution in [3.05, 3.63) is 0 Å². The maximum absolute atomic E-state index is 12.5. The first-order chi connectivity index (χ1) is 7.65. The van der Waals surface area contributed by atoms with Gasteiger partial charge in [0.05, 0.1) is 6.61 Å². The van der Waals surface area contributed by atoms with E-state index < -0.39 is 12.8 Å². The third kappa shape index (κ3) is 2.21. The fourth-order valence-electron chi connectivity index (χ4n) is 2.75. The minimum absolute atomic E-state index is 0.196. The van der Waals surface area contributed by atoms with Crippen molar-refractivity contribution in [2.45, 2.75) is 38.7 Å². The van der Waals surface area contributed by atoms with Crippen LogP contribution < -0.4 is 0 Å². The van der Waals surface area contributed by atoms with Crippen molar-refractivity contribution in [2.24, 2.45) is 5.41 Å². The first kappa shape index (κ1) is 11.8. The van der Waals surface area contributed by atoms with Gasteiger partial charge in [-0.25, -0.2) is 4.39 Å². The summed E-state index contributed by atoms with van der Waals surface area (Å²) in [6.07, 6.45) is 3.81. The molecule has 3 nitrogen and oxygen atoms in total. The Bertz CT molecular complexity index is 264.